The number of rotatable bonds is 6. The third kappa shape index (κ3) is 6.91. The summed E-state index contributed by atoms with van der Waals surface area (Å²) in [6, 6.07) is 3.24. The van der Waals surface area contributed by atoms with Crippen molar-refractivity contribution in [3.8, 4) is 0 Å². The van der Waals surface area contributed by atoms with Crippen LogP contribution >= 0.6 is 11.8 Å². The van der Waals surface area contributed by atoms with Crippen molar-refractivity contribution in [2.24, 2.45) is 0 Å². The van der Waals surface area contributed by atoms with Gasteiger partial charge in [-0.1, -0.05) is 20.8 Å². The topological polar surface area (TPSA) is 71.3 Å². The first-order valence-electron chi connectivity index (χ1n) is 6.11. The fraction of sp³-hybridized carbons (Fsp3) is 0.538. The lowest BCUT2D eigenvalue weighted by Crippen LogP contribution is -2.35. The van der Waals surface area contributed by atoms with E-state index in [-0.39, 0.29) is 22.3 Å². The van der Waals surface area contributed by atoms with Gasteiger partial charge in [0.25, 0.3) is 5.91 Å². The maximum absolute atomic E-state index is 11.5. The number of nitrogens with one attached hydrogen (secondary N) is 2. The molecule has 19 heavy (non-hydrogen) atoms. The van der Waals surface area contributed by atoms with Gasteiger partial charge in [0.2, 0.25) is 5.91 Å². The molecule has 0 bridgehead atoms. The lowest BCUT2D eigenvalue weighted by atomic mass is 10.3. The van der Waals surface area contributed by atoms with Crippen LogP contribution in [-0.4, -0.2) is 35.4 Å². The average Bonchev–Trinajstić information content (AvgIpc) is 2.84. The monoisotopic (exact) mass is 284 g/mol. The number of hydrogen-bond donors (Lipinski definition) is 2. The van der Waals surface area contributed by atoms with Crippen LogP contribution in [0.3, 0.4) is 0 Å². The first-order valence-corrected chi connectivity index (χ1v) is 7.09. The summed E-state index contributed by atoms with van der Waals surface area (Å²) >= 11 is 1.59. The third-order valence-electron chi connectivity index (χ3n) is 2.11. The van der Waals surface area contributed by atoms with E-state index in [0.29, 0.717) is 18.8 Å². The summed E-state index contributed by atoms with van der Waals surface area (Å²) in [7, 11) is 0. The van der Waals surface area contributed by atoms with E-state index in [0.717, 1.165) is 0 Å². The van der Waals surface area contributed by atoms with Gasteiger partial charge < -0.3 is 15.1 Å². The van der Waals surface area contributed by atoms with Gasteiger partial charge in [0, 0.05) is 17.8 Å². The Labute approximate surface area is 117 Å². The molecule has 0 aliphatic heterocycles. The highest BCUT2D eigenvalue weighted by molar-refractivity contribution is 8.01. The summed E-state index contributed by atoms with van der Waals surface area (Å²) in [4.78, 5) is 23.0. The van der Waals surface area contributed by atoms with Crippen molar-refractivity contribution in [3.63, 3.8) is 0 Å². The normalized spacial score (nSPS) is 11.1. The standard InChI is InChI=1S/C13H20N2O3S/c1-13(2,3)19-9-11(16)14-6-7-15-12(17)10-5-4-8-18-10/h4-5,8H,6-7,9H2,1-3H3,(H,14,16)(H,15,17). The van der Waals surface area contributed by atoms with Gasteiger partial charge in [0.15, 0.2) is 5.76 Å². The fourth-order valence-corrected chi connectivity index (χ4v) is 1.87. The van der Waals surface area contributed by atoms with Gasteiger partial charge in [-0.3, -0.25) is 9.59 Å². The number of hydrogen-bond acceptors (Lipinski definition) is 4. The van der Waals surface area contributed by atoms with Crippen LogP contribution in [0.5, 0.6) is 0 Å². The Morgan fingerprint density at radius 2 is 1.95 bits per heavy atom. The summed E-state index contributed by atoms with van der Waals surface area (Å²) in [5, 5.41) is 5.41. The van der Waals surface area contributed by atoms with E-state index >= 15 is 0 Å². The van der Waals surface area contributed by atoms with Crippen molar-refractivity contribution < 1.29 is 14.0 Å². The predicted molar refractivity (Wildman–Crippen MR) is 76.3 cm³/mol. The van der Waals surface area contributed by atoms with Crippen molar-refractivity contribution in [1.29, 1.82) is 0 Å². The van der Waals surface area contributed by atoms with Crippen molar-refractivity contribution in [3.05, 3.63) is 24.2 Å². The summed E-state index contributed by atoms with van der Waals surface area (Å²) < 4.78 is 5.02. The van der Waals surface area contributed by atoms with E-state index in [1.807, 2.05) is 0 Å². The zero-order chi connectivity index (χ0) is 14.3. The summed E-state index contributed by atoms with van der Waals surface area (Å²) in [6.45, 7) is 6.99. The molecule has 6 heteroatoms. The molecule has 0 aromatic carbocycles. The molecule has 0 fully saturated rings. The zero-order valence-electron chi connectivity index (χ0n) is 11.5. The third-order valence-corrected chi connectivity index (χ3v) is 3.39. The van der Waals surface area contributed by atoms with Gasteiger partial charge in [-0.2, -0.15) is 0 Å². The van der Waals surface area contributed by atoms with E-state index in [4.69, 9.17) is 4.42 Å². The number of thioether (sulfide) groups is 1. The summed E-state index contributed by atoms with van der Waals surface area (Å²) in [5.41, 5.74) is 0. The first kappa shape index (κ1) is 15.6. The van der Waals surface area contributed by atoms with Crippen LogP contribution in [0.25, 0.3) is 0 Å². The summed E-state index contributed by atoms with van der Waals surface area (Å²) in [6.07, 6.45) is 1.44. The molecule has 0 radical (unpaired) electrons. The Bertz CT molecular complexity index is 410. The van der Waals surface area contributed by atoms with E-state index in [1.165, 1.54) is 6.26 Å². The predicted octanol–water partition coefficient (Wildman–Crippen LogP) is 1.66. The molecule has 0 aliphatic carbocycles. The van der Waals surface area contributed by atoms with Crippen LogP contribution in [-0.2, 0) is 4.79 Å². The number of carbonyl (C=O) groups excluding carboxylic acids is 2. The lowest BCUT2D eigenvalue weighted by molar-refractivity contribution is -0.118. The molecule has 2 N–H and O–H groups in total. The van der Waals surface area contributed by atoms with Crippen LogP contribution in [0, 0.1) is 0 Å². The molecule has 0 aliphatic rings. The van der Waals surface area contributed by atoms with Crippen molar-refractivity contribution in [2.45, 2.75) is 25.5 Å². The van der Waals surface area contributed by atoms with E-state index in [1.54, 1.807) is 23.9 Å². The Hall–Kier alpha value is -1.43. The minimum absolute atomic E-state index is 0.0211. The molecule has 0 unspecified atom stereocenters. The van der Waals surface area contributed by atoms with Crippen LogP contribution in [0.4, 0.5) is 0 Å². The van der Waals surface area contributed by atoms with Crippen LogP contribution < -0.4 is 10.6 Å². The second kappa shape index (κ2) is 7.23. The average molecular weight is 284 g/mol. The second-order valence-electron chi connectivity index (χ2n) is 4.98. The number of furan rings is 1. The number of amides is 2. The molecule has 1 aromatic heterocycles. The molecule has 0 saturated heterocycles. The Morgan fingerprint density at radius 3 is 2.53 bits per heavy atom. The minimum atomic E-state index is -0.275. The van der Waals surface area contributed by atoms with E-state index < -0.39 is 0 Å². The highest BCUT2D eigenvalue weighted by Gasteiger charge is 2.13. The highest BCUT2D eigenvalue weighted by atomic mass is 32.2. The van der Waals surface area contributed by atoms with Crippen LogP contribution in [0.2, 0.25) is 0 Å². The first-order chi connectivity index (χ1) is 8.88. The van der Waals surface area contributed by atoms with E-state index in [2.05, 4.69) is 31.4 Å². The van der Waals surface area contributed by atoms with Gasteiger partial charge in [0.1, 0.15) is 0 Å². The number of carbonyl (C=O) groups is 2. The Morgan fingerprint density at radius 1 is 1.26 bits per heavy atom. The maximum atomic E-state index is 11.5. The van der Waals surface area contributed by atoms with Gasteiger partial charge in [-0.15, -0.1) is 11.8 Å². The van der Waals surface area contributed by atoms with Crippen molar-refractivity contribution >= 4 is 23.6 Å². The molecule has 2 amide bonds. The molecule has 1 heterocycles. The van der Waals surface area contributed by atoms with Gasteiger partial charge in [-0.25, -0.2) is 0 Å². The minimum Gasteiger partial charge on any atom is -0.459 e. The Balaban J connectivity index is 2.11. The quantitative estimate of drug-likeness (QED) is 0.779. The molecule has 106 valence electrons. The molecule has 0 saturated carbocycles. The second-order valence-corrected chi connectivity index (χ2v) is 6.79. The Kier molecular flexibility index (Phi) is 5.95. The molecule has 1 rings (SSSR count). The van der Waals surface area contributed by atoms with Crippen LogP contribution in [0.1, 0.15) is 31.3 Å². The smallest absolute Gasteiger partial charge is 0.287 e. The van der Waals surface area contributed by atoms with E-state index in [9.17, 15) is 9.59 Å². The molecular weight excluding hydrogens is 264 g/mol. The molecule has 0 spiro atoms. The summed E-state index contributed by atoms with van der Waals surface area (Å²) in [5.74, 6) is 0.403. The maximum Gasteiger partial charge on any atom is 0.287 e. The molecule has 0 atom stereocenters. The van der Waals surface area contributed by atoms with Crippen molar-refractivity contribution in [1.82, 2.24) is 10.6 Å². The van der Waals surface area contributed by atoms with Crippen LogP contribution in [0.15, 0.2) is 22.8 Å². The zero-order valence-corrected chi connectivity index (χ0v) is 12.3. The SMILES string of the molecule is CC(C)(C)SCC(=O)NCCNC(=O)c1ccco1. The largest absolute Gasteiger partial charge is 0.459 e. The fourth-order valence-electron chi connectivity index (χ4n) is 1.21. The molecule has 1 aromatic rings. The highest BCUT2D eigenvalue weighted by Crippen LogP contribution is 2.22. The van der Waals surface area contributed by atoms with Gasteiger partial charge >= 0.3 is 0 Å². The van der Waals surface area contributed by atoms with Gasteiger partial charge in [0.05, 0.1) is 12.0 Å². The molecular formula is C13H20N2O3S. The van der Waals surface area contributed by atoms with Gasteiger partial charge in [-0.05, 0) is 12.1 Å². The molecule has 5 nitrogen and oxygen atoms in total. The lowest BCUT2D eigenvalue weighted by Gasteiger charge is -2.16. The van der Waals surface area contributed by atoms with Crippen molar-refractivity contribution in [2.75, 3.05) is 18.8 Å².